The minimum atomic E-state index is -3.28. The van der Waals surface area contributed by atoms with Crippen LogP contribution in [0.2, 0.25) is 0 Å². The Labute approximate surface area is 171 Å². The summed E-state index contributed by atoms with van der Waals surface area (Å²) < 4.78 is 32.4. The second-order valence-electron chi connectivity index (χ2n) is 7.55. The smallest absolute Gasteiger partial charge is 0.227 e. The number of amides is 1. The summed E-state index contributed by atoms with van der Waals surface area (Å²) in [5, 5.41) is 2.43. The van der Waals surface area contributed by atoms with Gasteiger partial charge in [0.15, 0.2) is 0 Å². The molecule has 3 rings (SSSR count). The van der Waals surface area contributed by atoms with Gasteiger partial charge in [0.05, 0.1) is 17.1 Å². The monoisotopic (exact) mass is 417 g/mol. The first kappa shape index (κ1) is 21.3. The van der Waals surface area contributed by atoms with E-state index < -0.39 is 15.3 Å². The largest absolute Gasteiger partial charge is 0.439 e. The molecule has 0 unspecified atom stereocenters. The summed E-state index contributed by atoms with van der Waals surface area (Å²) in [7, 11) is -3.28. The highest BCUT2D eigenvalue weighted by atomic mass is 32.2. The first-order chi connectivity index (χ1) is 13.8. The molecule has 2 N–H and O–H groups in total. The molecule has 1 heterocycles. The number of ether oxygens (including phenoxy) is 1. The number of rotatable bonds is 7. The first-order valence-electron chi connectivity index (χ1n) is 9.84. The van der Waals surface area contributed by atoms with Gasteiger partial charge in [-0.3, -0.25) is 4.79 Å². The highest BCUT2D eigenvalue weighted by molar-refractivity contribution is 7.90. The van der Waals surface area contributed by atoms with E-state index in [0.717, 1.165) is 0 Å². The Morgan fingerprint density at radius 1 is 1.07 bits per heavy atom. The molecule has 0 radical (unpaired) electrons. The summed E-state index contributed by atoms with van der Waals surface area (Å²) in [4.78, 5) is 16.8. The van der Waals surface area contributed by atoms with E-state index in [1.807, 2.05) is 30.3 Å². The fraction of sp³-hybridized carbons (Fsp3) is 0.429. The molecule has 1 amide bonds. The van der Waals surface area contributed by atoms with Crippen molar-refractivity contribution < 1.29 is 17.9 Å². The molecule has 0 bridgehead atoms. The fourth-order valence-electron chi connectivity index (χ4n) is 3.21. The van der Waals surface area contributed by atoms with E-state index in [1.54, 1.807) is 32.2 Å². The number of para-hydroxylation sites is 1. The first-order valence-corrected chi connectivity index (χ1v) is 11.4. The van der Waals surface area contributed by atoms with Crippen molar-refractivity contribution >= 4 is 21.6 Å². The normalized spacial score (nSPS) is 19.7. The molecule has 1 aromatic carbocycles. The number of pyridine rings is 1. The van der Waals surface area contributed by atoms with Crippen molar-refractivity contribution in [1.29, 1.82) is 0 Å². The lowest BCUT2D eigenvalue weighted by Crippen LogP contribution is -2.42. The maximum absolute atomic E-state index is 12.5. The van der Waals surface area contributed by atoms with Crippen LogP contribution in [0.4, 0.5) is 5.69 Å². The summed E-state index contributed by atoms with van der Waals surface area (Å²) in [6.45, 7) is 3.32. The van der Waals surface area contributed by atoms with E-state index in [4.69, 9.17) is 4.74 Å². The molecule has 1 aromatic heterocycles. The Morgan fingerprint density at radius 3 is 2.34 bits per heavy atom. The Morgan fingerprint density at radius 2 is 1.76 bits per heavy atom. The number of carbonyl (C=O) groups is 1. The van der Waals surface area contributed by atoms with Gasteiger partial charge in [0, 0.05) is 18.0 Å². The van der Waals surface area contributed by atoms with Crippen LogP contribution in [-0.4, -0.2) is 30.6 Å². The molecule has 1 saturated carbocycles. The number of sulfonamides is 1. The van der Waals surface area contributed by atoms with Gasteiger partial charge in [0.25, 0.3) is 0 Å². The van der Waals surface area contributed by atoms with Crippen LogP contribution in [0.25, 0.3) is 0 Å². The third-order valence-corrected chi connectivity index (χ3v) is 6.92. The van der Waals surface area contributed by atoms with Crippen molar-refractivity contribution in [3.05, 3.63) is 48.7 Å². The van der Waals surface area contributed by atoms with Gasteiger partial charge in [-0.2, -0.15) is 0 Å². The third kappa shape index (κ3) is 6.01. The van der Waals surface area contributed by atoms with E-state index in [0.29, 0.717) is 43.0 Å². The maximum Gasteiger partial charge on any atom is 0.227 e. The van der Waals surface area contributed by atoms with Gasteiger partial charge in [0.1, 0.15) is 5.75 Å². The maximum atomic E-state index is 12.5. The van der Waals surface area contributed by atoms with E-state index in [1.165, 1.54) is 0 Å². The summed E-state index contributed by atoms with van der Waals surface area (Å²) >= 11 is 0. The molecule has 1 fully saturated rings. The molecular weight excluding hydrogens is 390 g/mol. The van der Waals surface area contributed by atoms with Gasteiger partial charge in [0.2, 0.25) is 21.8 Å². The second-order valence-corrected chi connectivity index (χ2v) is 9.82. The van der Waals surface area contributed by atoms with Crippen molar-refractivity contribution in [2.24, 2.45) is 5.92 Å². The number of anilines is 1. The Bertz CT molecular complexity index is 907. The Hall–Kier alpha value is -2.45. The lowest BCUT2D eigenvalue weighted by molar-refractivity contribution is -0.120. The lowest BCUT2D eigenvalue weighted by Gasteiger charge is -2.28. The van der Waals surface area contributed by atoms with Gasteiger partial charge in [-0.05, 0) is 57.7 Å². The molecule has 0 spiro atoms. The highest BCUT2D eigenvalue weighted by Gasteiger charge is 2.29. The molecule has 0 atom stereocenters. The topological polar surface area (TPSA) is 97.4 Å². The van der Waals surface area contributed by atoms with Gasteiger partial charge in [-0.1, -0.05) is 18.2 Å². The third-order valence-electron chi connectivity index (χ3n) is 5.02. The molecule has 7 nitrogen and oxygen atoms in total. The number of carbonyl (C=O) groups excluding carboxylic acids is 1. The molecule has 1 aliphatic rings. The molecule has 8 heteroatoms. The van der Waals surface area contributed by atoms with E-state index in [-0.39, 0.29) is 17.9 Å². The second kappa shape index (κ2) is 9.37. The molecular formula is C21H27N3O4S. The van der Waals surface area contributed by atoms with Crippen molar-refractivity contribution in [3.8, 4) is 11.6 Å². The number of aromatic nitrogens is 1. The SMILES string of the molecule is CC(C)S(=O)(=O)NC1CCC(C(=O)Nc2ccc(Oc3ccccc3)nc2)CC1. The molecule has 0 aliphatic heterocycles. The summed E-state index contributed by atoms with van der Waals surface area (Å²) in [6.07, 6.45) is 4.19. The van der Waals surface area contributed by atoms with Crippen LogP contribution in [0.3, 0.4) is 0 Å². The van der Waals surface area contributed by atoms with Gasteiger partial charge < -0.3 is 10.1 Å². The van der Waals surface area contributed by atoms with Crippen LogP contribution in [0, 0.1) is 5.92 Å². The van der Waals surface area contributed by atoms with Crippen LogP contribution < -0.4 is 14.8 Å². The summed E-state index contributed by atoms with van der Waals surface area (Å²) in [5.74, 6) is 0.956. The van der Waals surface area contributed by atoms with Crippen molar-refractivity contribution in [1.82, 2.24) is 9.71 Å². The van der Waals surface area contributed by atoms with Gasteiger partial charge >= 0.3 is 0 Å². The molecule has 156 valence electrons. The van der Waals surface area contributed by atoms with Crippen LogP contribution in [0.5, 0.6) is 11.6 Å². The Balaban J connectivity index is 1.48. The number of nitrogens with one attached hydrogen (secondary N) is 2. The zero-order valence-electron chi connectivity index (χ0n) is 16.7. The highest BCUT2D eigenvalue weighted by Crippen LogP contribution is 2.27. The van der Waals surface area contributed by atoms with Gasteiger partial charge in [-0.25, -0.2) is 18.1 Å². The van der Waals surface area contributed by atoms with Crippen LogP contribution in [-0.2, 0) is 14.8 Å². The molecule has 29 heavy (non-hydrogen) atoms. The zero-order valence-corrected chi connectivity index (χ0v) is 17.5. The van der Waals surface area contributed by atoms with E-state index >= 15 is 0 Å². The van der Waals surface area contributed by atoms with E-state index in [9.17, 15) is 13.2 Å². The minimum Gasteiger partial charge on any atom is -0.439 e. The number of hydrogen-bond donors (Lipinski definition) is 2. The quantitative estimate of drug-likeness (QED) is 0.716. The average molecular weight is 418 g/mol. The molecule has 2 aromatic rings. The van der Waals surface area contributed by atoms with Crippen LogP contribution in [0.1, 0.15) is 39.5 Å². The van der Waals surface area contributed by atoms with Crippen molar-refractivity contribution in [2.45, 2.75) is 50.8 Å². The van der Waals surface area contributed by atoms with Crippen LogP contribution >= 0.6 is 0 Å². The average Bonchev–Trinajstić information content (AvgIpc) is 2.70. The van der Waals surface area contributed by atoms with E-state index in [2.05, 4.69) is 15.0 Å². The predicted octanol–water partition coefficient (Wildman–Crippen LogP) is 3.70. The minimum absolute atomic E-state index is 0.0614. The van der Waals surface area contributed by atoms with Crippen molar-refractivity contribution in [2.75, 3.05) is 5.32 Å². The zero-order chi connectivity index (χ0) is 20.9. The summed E-state index contributed by atoms with van der Waals surface area (Å²) in [6, 6.07) is 12.7. The predicted molar refractivity (Wildman–Crippen MR) is 112 cm³/mol. The summed E-state index contributed by atoms with van der Waals surface area (Å²) in [5.41, 5.74) is 0.609. The van der Waals surface area contributed by atoms with Crippen LogP contribution in [0.15, 0.2) is 48.7 Å². The molecule has 0 saturated heterocycles. The lowest BCUT2D eigenvalue weighted by atomic mass is 9.86. The fourth-order valence-corrected chi connectivity index (χ4v) is 4.18. The number of hydrogen-bond acceptors (Lipinski definition) is 5. The van der Waals surface area contributed by atoms with Crippen molar-refractivity contribution in [3.63, 3.8) is 0 Å². The number of nitrogens with zero attached hydrogens (tertiary/aromatic N) is 1. The van der Waals surface area contributed by atoms with Gasteiger partial charge in [-0.15, -0.1) is 0 Å². The number of benzene rings is 1. The Kier molecular flexibility index (Phi) is 6.87. The molecule has 1 aliphatic carbocycles. The standard InChI is InChI=1S/C21H27N3O4S/c1-15(2)29(26,27)24-17-10-8-16(9-11-17)21(25)23-18-12-13-20(22-14-18)28-19-6-4-3-5-7-19/h3-7,12-17,24H,8-11H2,1-2H3,(H,23,25).